The molecule has 0 aliphatic rings. The molecule has 1 amide bonds. The number of aromatic hydroxyl groups is 1. The summed E-state index contributed by atoms with van der Waals surface area (Å²) in [6.07, 6.45) is 1.44. The first-order chi connectivity index (χ1) is 11.0. The van der Waals surface area contributed by atoms with Crippen LogP contribution >= 0.6 is 0 Å². The monoisotopic (exact) mass is 318 g/mol. The third kappa shape index (κ3) is 2.57. The molecule has 0 fully saturated rings. The topological polar surface area (TPSA) is 62.2 Å². The van der Waals surface area contributed by atoms with Crippen molar-refractivity contribution >= 4 is 22.5 Å². The van der Waals surface area contributed by atoms with E-state index in [-0.39, 0.29) is 16.8 Å². The van der Waals surface area contributed by atoms with Crippen LogP contribution < -0.4 is 5.32 Å². The summed E-state index contributed by atoms with van der Waals surface area (Å²) in [5, 5.41) is 12.8. The Morgan fingerprint density at radius 3 is 2.61 bits per heavy atom. The van der Waals surface area contributed by atoms with Crippen LogP contribution in [0.1, 0.15) is 10.4 Å². The molecule has 0 aliphatic heterocycles. The van der Waals surface area contributed by atoms with Crippen LogP contribution in [-0.2, 0) is 0 Å². The molecule has 2 N–H and O–H groups in total. The number of carbonyl (C=O) groups is 1. The Labute approximate surface area is 128 Å². The number of amides is 1. The first-order valence-electron chi connectivity index (χ1n) is 6.50. The van der Waals surface area contributed by atoms with Gasteiger partial charge in [-0.3, -0.25) is 9.78 Å². The highest BCUT2D eigenvalue weighted by atomic mass is 19.2. The average Bonchev–Trinajstić information content (AvgIpc) is 2.56. The van der Waals surface area contributed by atoms with E-state index in [0.717, 1.165) is 6.07 Å². The predicted octanol–water partition coefficient (Wildman–Crippen LogP) is 3.61. The van der Waals surface area contributed by atoms with E-state index in [2.05, 4.69) is 10.3 Å². The second-order valence-electron chi connectivity index (χ2n) is 4.71. The van der Waals surface area contributed by atoms with Crippen LogP contribution in [0.4, 0.5) is 18.9 Å². The van der Waals surface area contributed by atoms with Crippen molar-refractivity contribution in [3.63, 3.8) is 0 Å². The van der Waals surface area contributed by atoms with Crippen molar-refractivity contribution in [2.24, 2.45) is 0 Å². The summed E-state index contributed by atoms with van der Waals surface area (Å²) >= 11 is 0. The van der Waals surface area contributed by atoms with Gasteiger partial charge in [0.2, 0.25) is 0 Å². The number of aromatic nitrogens is 1. The van der Waals surface area contributed by atoms with E-state index in [4.69, 9.17) is 0 Å². The summed E-state index contributed by atoms with van der Waals surface area (Å²) in [4.78, 5) is 16.1. The lowest BCUT2D eigenvalue weighted by atomic mass is 10.1. The van der Waals surface area contributed by atoms with E-state index in [1.54, 1.807) is 18.2 Å². The van der Waals surface area contributed by atoms with Gasteiger partial charge >= 0.3 is 0 Å². The fourth-order valence-corrected chi connectivity index (χ4v) is 2.13. The van der Waals surface area contributed by atoms with E-state index < -0.39 is 29.0 Å². The van der Waals surface area contributed by atoms with Crippen LogP contribution in [0.25, 0.3) is 10.9 Å². The Bertz CT molecular complexity index is 929. The molecule has 4 nitrogen and oxygen atoms in total. The van der Waals surface area contributed by atoms with Gasteiger partial charge < -0.3 is 10.4 Å². The fraction of sp³-hybridized carbons (Fsp3) is 0. The minimum absolute atomic E-state index is 0.166. The number of fused-ring (bicyclic) bond motifs is 1. The maximum absolute atomic E-state index is 13.6. The third-order valence-electron chi connectivity index (χ3n) is 3.28. The van der Waals surface area contributed by atoms with Crippen LogP contribution in [0.2, 0.25) is 0 Å². The molecular weight excluding hydrogens is 309 g/mol. The molecule has 1 heterocycles. The molecule has 0 saturated carbocycles. The number of anilines is 1. The number of carbonyl (C=O) groups excluding carboxylic acids is 1. The van der Waals surface area contributed by atoms with Gasteiger partial charge in [0.15, 0.2) is 23.2 Å². The largest absolute Gasteiger partial charge is 0.505 e. The number of hydrogen-bond acceptors (Lipinski definition) is 3. The molecule has 0 bridgehead atoms. The highest BCUT2D eigenvalue weighted by molar-refractivity contribution is 6.09. The highest BCUT2D eigenvalue weighted by Crippen LogP contribution is 2.28. The Hall–Kier alpha value is -3.09. The molecule has 2 aromatic carbocycles. The number of pyridine rings is 1. The Morgan fingerprint density at radius 1 is 1.04 bits per heavy atom. The molecule has 116 valence electrons. The molecule has 7 heteroatoms. The lowest BCUT2D eigenvalue weighted by molar-refractivity contribution is 0.102. The smallest absolute Gasteiger partial charge is 0.259 e. The minimum atomic E-state index is -1.69. The van der Waals surface area contributed by atoms with Crippen LogP contribution in [0.3, 0.4) is 0 Å². The first-order valence-corrected chi connectivity index (χ1v) is 6.50. The van der Waals surface area contributed by atoms with Gasteiger partial charge in [-0.2, -0.15) is 0 Å². The van der Waals surface area contributed by atoms with E-state index in [1.807, 2.05) is 0 Å². The molecule has 3 aromatic rings. The Balaban J connectivity index is 1.98. The van der Waals surface area contributed by atoms with Gasteiger partial charge in [-0.05, 0) is 24.3 Å². The maximum atomic E-state index is 13.6. The van der Waals surface area contributed by atoms with E-state index >= 15 is 0 Å². The number of phenols is 1. The summed E-state index contributed by atoms with van der Waals surface area (Å²) < 4.78 is 39.6. The van der Waals surface area contributed by atoms with Gasteiger partial charge in [0.05, 0.1) is 11.3 Å². The predicted molar refractivity (Wildman–Crippen MR) is 77.7 cm³/mol. The minimum Gasteiger partial charge on any atom is -0.505 e. The first kappa shape index (κ1) is 14.8. The van der Waals surface area contributed by atoms with Crippen molar-refractivity contribution in [2.45, 2.75) is 0 Å². The lowest BCUT2D eigenvalue weighted by Gasteiger charge is -2.09. The van der Waals surface area contributed by atoms with Crippen molar-refractivity contribution in [3.8, 4) is 5.75 Å². The average molecular weight is 318 g/mol. The molecule has 23 heavy (non-hydrogen) atoms. The number of nitrogens with zero attached hydrogens (tertiary/aromatic N) is 1. The van der Waals surface area contributed by atoms with Crippen LogP contribution in [0.5, 0.6) is 5.75 Å². The number of rotatable bonds is 2. The maximum Gasteiger partial charge on any atom is 0.259 e. The number of benzene rings is 2. The van der Waals surface area contributed by atoms with Crippen molar-refractivity contribution in [2.75, 3.05) is 5.32 Å². The zero-order valence-electron chi connectivity index (χ0n) is 11.5. The normalized spacial score (nSPS) is 10.7. The molecule has 0 unspecified atom stereocenters. The Kier molecular flexibility index (Phi) is 3.61. The summed E-state index contributed by atoms with van der Waals surface area (Å²) in [5.41, 5.74) is -0.499. The van der Waals surface area contributed by atoms with Crippen LogP contribution in [0, 0.1) is 17.5 Å². The van der Waals surface area contributed by atoms with Gasteiger partial charge in [-0.15, -0.1) is 0 Å². The van der Waals surface area contributed by atoms with Gasteiger partial charge in [-0.25, -0.2) is 13.2 Å². The van der Waals surface area contributed by atoms with Crippen LogP contribution in [-0.4, -0.2) is 16.0 Å². The fourth-order valence-electron chi connectivity index (χ4n) is 2.13. The van der Waals surface area contributed by atoms with Crippen molar-refractivity contribution < 1.29 is 23.1 Å². The zero-order valence-corrected chi connectivity index (χ0v) is 11.5. The number of nitrogens with one attached hydrogen (secondary N) is 1. The molecule has 0 saturated heterocycles. The van der Waals surface area contributed by atoms with Gasteiger partial charge in [0.1, 0.15) is 5.52 Å². The van der Waals surface area contributed by atoms with E-state index in [9.17, 15) is 23.1 Å². The summed E-state index contributed by atoms with van der Waals surface area (Å²) in [6, 6.07) is 7.82. The quantitative estimate of drug-likeness (QED) is 0.710. The molecule has 0 atom stereocenters. The molecule has 0 aliphatic carbocycles. The molecule has 0 spiro atoms. The molecule has 3 rings (SSSR count). The van der Waals surface area contributed by atoms with Crippen molar-refractivity contribution in [1.29, 1.82) is 0 Å². The van der Waals surface area contributed by atoms with Crippen molar-refractivity contribution in [3.05, 3.63) is 65.6 Å². The highest BCUT2D eigenvalue weighted by Gasteiger charge is 2.19. The number of phenolic OH excluding ortho intramolecular Hbond substituents is 1. The second kappa shape index (κ2) is 5.60. The second-order valence-corrected chi connectivity index (χ2v) is 4.71. The van der Waals surface area contributed by atoms with E-state index in [1.165, 1.54) is 12.3 Å². The van der Waals surface area contributed by atoms with E-state index in [0.29, 0.717) is 11.5 Å². The number of hydrogen-bond donors (Lipinski definition) is 2. The Morgan fingerprint density at radius 2 is 1.83 bits per heavy atom. The van der Waals surface area contributed by atoms with Gasteiger partial charge in [0.25, 0.3) is 5.91 Å². The third-order valence-corrected chi connectivity index (χ3v) is 3.28. The molecule has 0 radical (unpaired) electrons. The molecular formula is C16H9F3N2O2. The SMILES string of the molecule is O=C(Nc1ccc(F)c(F)c1F)c1ccc2cccnc2c1O. The van der Waals surface area contributed by atoms with Crippen LogP contribution in [0.15, 0.2) is 42.6 Å². The lowest BCUT2D eigenvalue weighted by Crippen LogP contribution is -2.14. The summed E-state index contributed by atoms with van der Waals surface area (Å²) in [7, 11) is 0. The summed E-state index contributed by atoms with van der Waals surface area (Å²) in [5.74, 6) is -5.83. The van der Waals surface area contributed by atoms with Gasteiger partial charge in [-0.1, -0.05) is 12.1 Å². The number of halogens is 3. The van der Waals surface area contributed by atoms with Crippen molar-refractivity contribution in [1.82, 2.24) is 4.98 Å². The van der Waals surface area contributed by atoms with Gasteiger partial charge in [0, 0.05) is 11.6 Å². The summed E-state index contributed by atoms with van der Waals surface area (Å²) in [6.45, 7) is 0. The molecule has 1 aromatic heterocycles. The zero-order chi connectivity index (χ0) is 16.6. The standard InChI is InChI=1S/C16H9F3N2O2/c17-10-5-6-11(13(19)12(10)18)21-16(23)9-4-3-8-2-1-7-20-14(8)15(9)22/h1-7,22H,(H,21,23).